The zero-order chi connectivity index (χ0) is 16.3. The van der Waals surface area contributed by atoms with Gasteiger partial charge in [0.1, 0.15) is 0 Å². The number of aliphatic carboxylic acids is 1. The van der Waals surface area contributed by atoms with E-state index in [9.17, 15) is 0 Å². The topological polar surface area (TPSA) is 65.0 Å². The third-order valence-corrected chi connectivity index (χ3v) is 12.2. The van der Waals surface area contributed by atoms with Gasteiger partial charge in [0.05, 0.1) is 0 Å². The molecule has 2 fully saturated rings. The maximum absolute atomic E-state index is 9.00. The van der Waals surface area contributed by atoms with E-state index < -0.39 is 23.1 Å². The van der Waals surface area contributed by atoms with Crippen molar-refractivity contribution in [3.05, 3.63) is 0 Å². The second kappa shape index (κ2) is 7.37. The minimum atomic E-state index is -2.06. The highest BCUT2D eigenvalue weighted by atomic mass is 28.5. The highest BCUT2D eigenvalue weighted by molar-refractivity contribution is 6.80. The van der Waals surface area contributed by atoms with Gasteiger partial charge in [0.15, 0.2) is 0 Å². The first kappa shape index (κ1) is 18.8. The zero-order valence-electron chi connectivity index (χ0n) is 14.1. The molecular formula is C14H30O5Si2. The first-order valence-corrected chi connectivity index (χ1v) is 12.8. The lowest BCUT2D eigenvalue weighted by Crippen LogP contribution is -2.53. The van der Waals surface area contributed by atoms with Gasteiger partial charge in [-0.2, -0.15) is 0 Å². The second-order valence-electron chi connectivity index (χ2n) is 6.73. The van der Waals surface area contributed by atoms with Crippen LogP contribution in [-0.2, 0) is 17.8 Å². The van der Waals surface area contributed by atoms with Gasteiger partial charge in [-0.25, -0.2) is 0 Å². The van der Waals surface area contributed by atoms with Gasteiger partial charge in [0, 0.05) is 26.7 Å². The minimum absolute atomic E-state index is 0.688. The summed E-state index contributed by atoms with van der Waals surface area (Å²) in [5.41, 5.74) is 0.688. The van der Waals surface area contributed by atoms with Gasteiger partial charge in [-0.1, -0.05) is 12.8 Å². The zero-order valence-corrected chi connectivity index (χ0v) is 16.1. The second-order valence-corrected chi connectivity index (χ2v) is 13.9. The summed E-state index contributed by atoms with van der Waals surface area (Å²) in [5, 5.41) is 7.42. The molecule has 0 aromatic rings. The van der Waals surface area contributed by atoms with Gasteiger partial charge in [-0.05, 0) is 44.3 Å². The van der Waals surface area contributed by atoms with Gasteiger partial charge in [-0.3, -0.25) is 4.79 Å². The van der Waals surface area contributed by atoms with Crippen molar-refractivity contribution in [2.45, 2.75) is 57.8 Å². The molecule has 0 heterocycles. The summed E-state index contributed by atoms with van der Waals surface area (Å²) in [4.78, 5) is 9.00. The number of rotatable bonds is 5. The van der Waals surface area contributed by atoms with Crippen molar-refractivity contribution in [1.29, 1.82) is 0 Å². The van der Waals surface area contributed by atoms with Crippen LogP contribution in [0.3, 0.4) is 0 Å². The fourth-order valence-electron chi connectivity index (χ4n) is 3.69. The van der Waals surface area contributed by atoms with Crippen LogP contribution in [0.2, 0.25) is 25.2 Å². The Morgan fingerprint density at radius 1 is 1.10 bits per heavy atom. The van der Waals surface area contributed by atoms with Crippen molar-refractivity contribution >= 4 is 23.1 Å². The summed E-state index contributed by atoms with van der Waals surface area (Å²) < 4.78 is 17.8. The van der Waals surface area contributed by atoms with Gasteiger partial charge < -0.3 is 18.1 Å². The molecule has 2 aliphatic carbocycles. The van der Waals surface area contributed by atoms with Crippen LogP contribution in [-0.4, -0.2) is 42.4 Å². The van der Waals surface area contributed by atoms with Gasteiger partial charge in [0.25, 0.3) is 5.97 Å². The van der Waals surface area contributed by atoms with Crippen LogP contribution >= 0.6 is 0 Å². The van der Waals surface area contributed by atoms with Crippen LogP contribution in [0.1, 0.15) is 32.6 Å². The predicted octanol–water partition coefficient (Wildman–Crippen LogP) is 3.35. The molecule has 4 unspecified atom stereocenters. The number of hydrogen-bond donors (Lipinski definition) is 1. The maximum Gasteiger partial charge on any atom is 0.329 e. The summed E-state index contributed by atoms with van der Waals surface area (Å²) in [6, 6.07) is 0. The molecular weight excluding hydrogens is 304 g/mol. The Morgan fingerprint density at radius 3 is 2.00 bits per heavy atom. The number of carboxylic acids is 1. The lowest BCUT2D eigenvalue weighted by Gasteiger charge is -2.40. The van der Waals surface area contributed by atoms with E-state index in [0.29, 0.717) is 5.54 Å². The first-order chi connectivity index (χ1) is 9.63. The smallest absolute Gasteiger partial charge is 0.329 e. The Morgan fingerprint density at radius 2 is 1.67 bits per heavy atom. The molecule has 0 aliphatic heterocycles. The summed E-state index contributed by atoms with van der Waals surface area (Å²) in [6.45, 7) is 7.56. The lowest BCUT2D eigenvalue weighted by atomic mass is 10.0. The molecule has 2 bridgehead atoms. The third kappa shape index (κ3) is 5.17. The SMILES string of the molecule is CC(=O)O.CO[Si](C)(C)O[Si](C)(OC)C1CC2CCC1C2. The molecule has 21 heavy (non-hydrogen) atoms. The van der Waals surface area contributed by atoms with E-state index in [4.69, 9.17) is 22.9 Å². The van der Waals surface area contributed by atoms with Crippen LogP contribution in [0.25, 0.3) is 0 Å². The first-order valence-electron chi connectivity index (χ1n) is 7.63. The molecule has 0 aromatic carbocycles. The predicted molar refractivity (Wildman–Crippen MR) is 86.7 cm³/mol. The normalized spacial score (nSPS) is 30.5. The minimum Gasteiger partial charge on any atom is -0.481 e. The number of carboxylic acid groups (broad SMARTS) is 1. The van der Waals surface area contributed by atoms with Crippen LogP contribution < -0.4 is 0 Å². The number of fused-ring (bicyclic) bond motifs is 2. The van der Waals surface area contributed by atoms with Crippen LogP contribution in [0.4, 0.5) is 0 Å². The summed E-state index contributed by atoms with van der Waals surface area (Å²) in [6.07, 6.45) is 5.56. The standard InChI is InChI=1S/C12H26O3Si2.C2H4O2/c1-13-16(3,4)15-17(5,14-2)12-9-10-6-7-11(12)8-10;1-2(3)4/h10-12H,6-9H2,1-5H3;1H3,(H,3,4). The maximum atomic E-state index is 9.00. The van der Waals surface area contributed by atoms with Gasteiger partial charge in [-0.15, -0.1) is 0 Å². The van der Waals surface area contributed by atoms with Crippen LogP contribution in [0, 0.1) is 11.8 Å². The molecule has 0 saturated heterocycles. The number of hydrogen-bond acceptors (Lipinski definition) is 4. The molecule has 0 amide bonds. The fraction of sp³-hybridized carbons (Fsp3) is 0.929. The number of carbonyl (C=O) groups is 1. The Kier molecular flexibility index (Phi) is 6.61. The van der Waals surface area contributed by atoms with E-state index in [0.717, 1.165) is 18.8 Å². The molecule has 4 atom stereocenters. The Bertz CT molecular complexity index is 359. The van der Waals surface area contributed by atoms with Crippen molar-refractivity contribution in [3.8, 4) is 0 Å². The molecule has 0 radical (unpaired) electrons. The summed E-state index contributed by atoms with van der Waals surface area (Å²) in [5.74, 6) is 0.973. The largest absolute Gasteiger partial charge is 0.481 e. The third-order valence-electron chi connectivity index (χ3n) is 4.76. The quantitative estimate of drug-likeness (QED) is 0.781. The van der Waals surface area contributed by atoms with E-state index in [2.05, 4.69) is 19.6 Å². The van der Waals surface area contributed by atoms with Crippen molar-refractivity contribution in [2.24, 2.45) is 11.8 Å². The van der Waals surface area contributed by atoms with E-state index in [1.165, 1.54) is 25.7 Å². The Labute approximate surface area is 130 Å². The summed E-state index contributed by atoms with van der Waals surface area (Å²) >= 11 is 0. The molecule has 2 saturated carbocycles. The van der Waals surface area contributed by atoms with Crippen LogP contribution in [0.15, 0.2) is 0 Å². The molecule has 5 nitrogen and oxygen atoms in total. The average molecular weight is 335 g/mol. The lowest BCUT2D eigenvalue weighted by molar-refractivity contribution is -0.134. The summed E-state index contributed by atoms with van der Waals surface area (Å²) in [7, 11) is -0.462. The van der Waals surface area contributed by atoms with Crippen LogP contribution in [0.5, 0.6) is 0 Å². The van der Waals surface area contributed by atoms with E-state index in [-0.39, 0.29) is 0 Å². The Balaban J connectivity index is 0.000000491. The van der Waals surface area contributed by atoms with Crippen molar-refractivity contribution in [1.82, 2.24) is 0 Å². The highest BCUT2D eigenvalue weighted by Crippen LogP contribution is 2.56. The fourth-order valence-corrected chi connectivity index (χ4v) is 11.1. The van der Waals surface area contributed by atoms with Gasteiger partial charge in [0.2, 0.25) is 0 Å². The Hall–Kier alpha value is -0.216. The monoisotopic (exact) mass is 334 g/mol. The van der Waals surface area contributed by atoms with E-state index in [1.54, 1.807) is 7.11 Å². The van der Waals surface area contributed by atoms with Crippen molar-refractivity contribution in [2.75, 3.05) is 14.2 Å². The molecule has 1 N–H and O–H groups in total. The van der Waals surface area contributed by atoms with Crippen molar-refractivity contribution < 1.29 is 22.9 Å². The average Bonchev–Trinajstić information content (AvgIpc) is 3.00. The molecule has 124 valence electrons. The highest BCUT2D eigenvalue weighted by Gasteiger charge is 2.54. The van der Waals surface area contributed by atoms with E-state index >= 15 is 0 Å². The molecule has 2 rings (SSSR count). The molecule has 0 aromatic heterocycles. The molecule has 2 aliphatic rings. The van der Waals surface area contributed by atoms with E-state index in [1.807, 2.05) is 7.11 Å². The molecule has 7 heteroatoms. The van der Waals surface area contributed by atoms with Crippen molar-refractivity contribution in [3.63, 3.8) is 0 Å². The van der Waals surface area contributed by atoms with Gasteiger partial charge >= 0.3 is 17.1 Å². The molecule has 0 spiro atoms.